The molecule has 2 unspecified atom stereocenters. The lowest BCUT2D eigenvalue weighted by molar-refractivity contribution is -0.158. The predicted molar refractivity (Wildman–Crippen MR) is 116 cm³/mol. The zero-order chi connectivity index (χ0) is 24.1. The molecule has 0 radical (unpaired) electrons. The Kier molecular flexibility index (Phi) is 7.85. The summed E-state index contributed by atoms with van der Waals surface area (Å²) in [7, 11) is 2.37. The second-order valence-corrected chi connectivity index (χ2v) is 8.35. The van der Waals surface area contributed by atoms with Crippen LogP contribution in [0, 0.1) is 0 Å². The molecule has 1 heterocycles. The summed E-state index contributed by atoms with van der Waals surface area (Å²) >= 11 is 0. The third-order valence-electron chi connectivity index (χ3n) is 4.71. The summed E-state index contributed by atoms with van der Waals surface area (Å²) < 4.78 is 10.1. The van der Waals surface area contributed by atoms with Crippen molar-refractivity contribution < 1.29 is 33.8 Å². The van der Waals surface area contributed by atoms with Gasteiger partial charge in [0.1, 0.15) is 17.7 Å². The van der Waals surface area contributed by atoms with E-state index in [9.17, 15) is 24.3 Å². The Balaban J connectivity index is 2.33. The number of hydrogen-bond acceptors (Lipinski definition) is 6. The molecule has 32 heavy (non-hydrogen) atoms. The molecule has 0 aliphatic heterocycles. The Morgan fingerprint density at radius 2 is 1.84 bits per heavy atom. The molecule has 0 fully saturated rings. The van der Waals surface area contributed by atoms with Crippen molar-refractivity contribution in [2.24, 2.45) is 0 Å². The van der Waals surface area contributed by atoms with E-state index >= 15 is 0 Å². The summed E-state index contributed by atoms with van der Waals surface area (Å²) in [5.74, 6) is -2.77. The van der Waals surface area contributed by atoms with Crippen LogP contribution in [0.1, 0.15) is 32.8 Å². The van der Waals surface area contributed by atoms with Gasteiger partial charge in [0.05, 0.1) is 13.5 Å². The zero-order valence-electron chi connectivity index (χ0n) is 18.8. The number of nitrogens with one attached hydrogen (secondary N) is 2. The third kappa shape index (κ3) is 6.47. The van der Waals surface area contributed by atoms with Crippen molar-refractivity contribution in [2.75, 3.05) is 14.2 Å². The molecule has 174 valence electrons. The quantitative estimate of drug-likeness (QED) is 0.527. The highest BCUT2D eigenvalue weighted by molar-refractivity contribution is 5.92. The topological polar surface area (TPSA) is 138 Å². The Labute approximate surface area is 185 Å². The third-order valence-corrected chi connectivity index (χ3v) is 4.71. The molecule has 2 rings (SSSR count). The Morgan fingerprint density at radius 1 is 1.19 bits per heavy atom. The molecule has 0 saturated carbocycles. The number of carbonyl (C=O) groups is 4. The van der Waals surface area contributed by atoms with Gasteiger partial charge in [0, 0.05) is 30.6 Å². The van der Waals surface area contributed by atoms with Crippen LogP contribution in [0.2, 0.25) is 0 Å². The number of hydrogen-bond donors (Lipinski definition) is 3. The van der Waals surface area contributed by atoms with Gasteiger partial charge in [-0.25, -0.2) is 9.59 Å². The summed E-state index contributed by atoms with van der Waals surface area (Å²) in [6, 6.07) is 5.00. The first-order valence-electron chi connectivity index (χ1n) is 10.0. The summed E-state index contributed by atoms with van der Waals surface area (Å²) in [6.45, 7) is 5.11. The number of carboxylic acid groups (broad SMARTS) is 1. The first-order valence-corrected chi connectivity index (χ1v) is 10.0. The number of carbonyl (C=O) groups excluding carboxylic acids is 3. The number of aromatic amines is 1. The van der Waals surface area contributed by atoms with Crippen molar-refractivity contribution in [2.45, 2.75) is 51.3 Å². The van der Waals surface area contributed by atoms with Gasteiger partial charge in [0.25, 0.3) is 0 Å². The molecule has 10 heteroatoms. The number of esters is 1. The van der Waals surface area contributed by atoms with E-state index in [2.05, 4.69) is 15.0 Å². The van der Waals surface area contributed by atoms with Gasteiger partial charge in [0.2, 0.25) is 5.91 Å². The maximum absolute atomic E-state index is 13.0. The number of benzene rings is 1. The number of carboxylic acids is 1. The SMILES string of the molecule is COC(=O)N(C)C(CC(=O)O)C(=O)NC(Cc1c[nH]c2ccccc12)C(=O)OC(C)(C)C. The van der Waals surface area contributed by atoms with Gasteiger partial charge < -0.3 is 24.9 Å². The van der Waals surface area contributed by atoms with Crippen LogP contribution in [0.15, 0.2) is 30.5 Å². The molecule has 0 aliphatic carbocycles. The number of amides is 2. The zero-order valence-corrected chi connectivity index (χ0v) is 18.8. The molecule has 0 bridgehead atoms. The van der Waals surface area contributed by atoms with E-state index in [-0.39, 0.29) is 6.42 Å². The highest BCUT2D eigenvalue weighted by Crippen LogP contribution is 2.20. The fourth-order valence-corrected chi connectivity index (χ4v) is 3.20. The normalized spacial score (nSPS) is 13.2. The standard InChI is InChI=1S/C22H29N3O7/c1-22(2,3)32-20(29)16(10-13-12-23-15-9-7-6-8-14(13)15)24-19(28)17(11-18(26)27)25(4)21(30)31-5/h6-9,12,16-17,23H,10-11H2,1-5H3,(H,24,28)(H,26,27). The Bertz CT molecular complexity index is 993. The Morgan fingerprint density at radius 3 is 2.44 bits per heavy atom. The van der Waals surface area contributed by atoms with Crippen LogP contribution in [0.3, 0.4) is 0 Å². The van der Waals surface area contributed by atoms with Crippen LogP contribution in [-0.2, 0) is 30.3 Å². The van der Waals surface area contributed by atoms with Crippen LogP contribution in [-0.4, -0.2) is 70.8 Å². The first kappa shape index (κ1) is 24.7. The monoisotopic (exact) mass is 447 g/mol. The maximum atomic E-state index is 13.0. The molecular weight excluding hydrogens is 418 g/mol. The van der Waals surface area contributed by atoms with E-state index in [0.29, 0.717) is 0 Å². The number of aromatic nitrogens is 1. The number of nitrogens with zero attached hydrogens (tertiary/aromatic N) is 1. The van der Waals surface area contributed by atoms with E-state index in [4.69, 9.17) is 4.74 Å². The second-order valence-electron chi connectivity index (χ2n) is 8.35. The fraction of sp³-hybridized carbons (Fsp3) is 0.455. The first-order chi connectivity index (χ1) is 14.9. The predicted octanol–water partition coefficient (Wildman–Crippen LogP) is 2.08. The van der Waals surface area contributed by atoms with Crippen molar-refractivity contribution in [1.82, 2.24) is 15.2 Å². The van der Waals surface area contributed by atoms with Crippen LogP contribution in [0.25, 0.3) is 10.9 Å². The van der Waals surface area contributed by atoms with Crippen molar-refractivity contribution in [3.63, 3.8) is 0 Å². The van der Waals surface area contributed by atoms with Gasteiger partial charge in [-0.15, -0.1) is 0 Å². The van der Waals surface area contributed by atoms with E-state index in [0.717, 1.165) is 28.5 Å². The number of H-pyrrole nitrogens is 1. The minimum atomic E-state index is -1.38. The Hall–Kier alpha value is -3.56. The smallest absolute Gasteiger partial charge is 0.409 e. The molecule has 2 atom stereocenters. The minimum Gasteiger partial charge on any atom is -0.481 e. The molecular formula is C22H29N3O7. The molecule has 1 aromatic heterocycles. The van der Waals surface area contributed by atoms with Crippen molar-refractivity contribution in [3.8, 4) is 0 Å². The van der Waals surface area contributed by atoms with Crippen LogP contribution in [0.5, 0.6) is 0 Å². The molecule has 2 amide bonds. The number of methoxy groups -OCH3 is 1. The summed E-state index contributed by atoms with van der Waals surface area (Å²) in [5.41, 5.74) is 0.836. The number of aliphatic carboxylic acids is 1. The highest BCUT2D eigenvalue weighted by atomic mass is 16.6. The molecule has 0 saturated heterocycles. The summed E-state index contributed by atoms with van der Waals surface area (Å²) in [4.78, 5) is 53.0. The maximum Gasteiger partial charge on any atom is 0.409 e. The number of ether oxygens (including phenoxy) is 2. The van der Waals surface area contributed by atoms with Crippen LogP contribution >= 0.6 is 0 Å². The molecule has 0 spiro atoms. The van der Waals surface area contributed by atoms with Gasteiger partial charge in [-0.1, -0.05) is 18.2 Å². The van der Waals surface area contributed by atoms with Gasteiger partial charge in [-0.3, -0.25) is 14.5 Å². The van der Waals surface area contributed by atoms with Crippen molar-refractivity contribution in [1.29, 1.82) is 0 Å². The lowest BCUT2D eigenvalue weighted by Gasteiger charge is -2.28. The lowest BCUT2D eigenvalue weighted by Crippen LogP contribution is -2.54. The largest absolute Gasteiger partial charge is 0.481 e. The molecule has 2 aromatic rings. The number of likely N-dealkylation sites (N-methyl/N-ethyl adjacent to an activating group) is 1. The van der Waals surface area contributed by atoms with Gasteiger partial charge >= 0.3 is 18.0 Å². The highest BCUT2D eigenvalue weighted by Gasteiger charge is 2.34. The van der Waals surface area contributed by atoms with Crippen molar-refractivity contribution >= 4 is 34.8 Å². The number of fused-ring (bicyclic) bond motifs is 1. The summed E-state index contributed by atoms with van der Waals surface area (Å²) in [6.07, 6.45) is 0.304. The molecule has 0 aliphatic rings. The molecule has 10 nitrogen and oxygen atoms in total. The number of para-hydroxylation sites is 1. The van der Waals surface area contributed by atoms with Crippen LogP contribution in [0.4, 0.5) is 4.79 Å². The van der Waals surface area contributed by atoms with Gasteiger partial charge in [-0.05, 0) is 32.4 Å². The molecule has 3 N–H and O–H groups in total. The summed E-state index contributed by atoms with van der Waals surface area (Å²) in [5, 5.41) is 12.6. The van der Waals surface area contributed by atoms with E-state index in [1.807, 2.05) is 24.3 Å². The van der Waals surface area contributed by atoms with Gasteiger partial charge in [0.15, 0.2) is 0 Å². The second kappa shape index (κ2) is 10.2. The van der Waals surface area contributed by atoms with Gasteiger partial charge in [-0.2, -0.15) is 0 Å². The molecule has 1 aromatic carbocycles. The minimum absolute atomic E-state index is 0.104. The van der Waals surface area contributed by atoms with E-state index in [1.54, 1.807) is 27.0 Å². The van der Waals surface area contributed by atoms with Crippen LogP contribution < -0.4 is 5.32 Å². The lowest BCUT2D eigenvalue weighted by atomic mass is 10.0. The fourth-order valence-electron chi connectivity index (χ4n) is 3.20. The van der Waals surface area contributed by atoms with E-state index < -0.39 is 48.0 Å². The number of rotatable bonds is 8. The van der Waals surface area contributed by atoms with E-state index in [1.165, 1.54) is 7.05 Å². The average Bonchev–Trinajstić information content (AvgIpc) is 3.11. The van der Waals surface area contributed by atoms with Crippen molar-refractivity contribution in [3.05, 3.63) is 36.0 Å². The average molecular weight is 447 g/mol.